The quantitative estimate of drug-likeness (QED) is 0.366. The summed E-state index contributed by atoms with van der Waals surface area (Å²) in [6.45, 7) is 1.32. The zero-order chi connectivity index (χ0) is 18.5. The Morgan fingerprint density at radius 3 is 2.70 bits per heavy atom. The molecule has 7 nitrogen and oxygen atoms in total. The second kappa shape index (κ2) is 9.75. The number of nitrogens with one attached hydrogen (secondary N) is 1. The largest absolute Gasteiger partial charge is 0.497 e. The van der Waals surface area contributed by atoms with Crippen LogP contribution in [0.25, 0.3) is 0 Å². The van der Waals surface area contributed by atoms with E-state index in [1.54, 1.807) is 38.5 Å². The smallest absolute Gasteiger partial charge is 0.193 e. The minimum Gasteiger partial charge on any atom is -0.497 e. The number of fused-ring (bicyclic) bond motifs is 1. The molecule has 0 unspecified atom stereocenters. The van der Waals surface area contributed by atoms with Gasteiger partial charge in [0.25, 0.3) is 0 Å². The van der Waals surface area contributed by atoms with Crippen molar-refractivity contribution >= 4 is 47.2 Å². The van der Waals surface area contributed by atoms with E-state index in [4.69, 9.17) is 36.3 Å². The van der Waals surface area contributed by atoms with E-state index in [0.29, 0.717) is 53.5 Å². The number of aliphatic imine (C=N–C) groups is 1. The SMILES string of the molecule is COc1ccc(OC)c(NC(N)=NCc2cc(Cl)c3c(c2)OCCO3)c1.I. The number of anilines is 1. The summed E-state index contributed by atoms with van der Waals surface area (Å²) in [6.07, 6.45) is 0. The first-order valence-corrected chi connectivity index (χ1v) is 8.35. The predicted molar refractivity (Wildman–Crippen MR) is 116 cm³/mol. The summed E-state index contributed by atoms with van der Waals surface area (Å²) in [7, 11) is 3.17. The van der Waals surface area contributed by atoms with Crippen LogP contribution < -0.4 is 30.0 Å². The summed E-state index contributed by atoms with van der Waals surface area (Å²) < 4.78 is 21.6. The molecule has 3 rings (SSSR count). The van der Waals surface area contributed by atoms with Crippen LogP contribution in [0.5, 0.6) is 23.0 Å². The van der Waals surface area contributed by atoms with Crippen LogP contribution in [0.3, 0.4) is 0 Å². The molecular formula is C18H21ClIN3O4. The standard InChI is InChI=1S/C18H20ClN3O4.HI/c1-23-12-3-4-15(24-2)14(9-12)22-18(20)21-10-11-7-13(19)17-16(8-11)25-5-6-26-17;/h3-4,7-9H,5-6,10H2,1-2H3,(H3,20,21,22);1H. The lowest BCUT2D eigenvalue weighted by molar-refractivity contribution is 0.171. The number of halogens is 2. The molecule has 0 bridgehead atoms. The molecule has 0 saturated carbocycles. The first-order chi connectivity index (χ1) is 12.6. The molecule has 1 heterocycles. The number of nitrogens with two attached hydrogens (primary N) is 1. The van der Waals surface area contributed by atoms with Gasteiger partial charge in [-0.3, -0.25) is 0 Å². The Morgan fingerprint density at radius 2 is 1.96 bits per heavy atom. The Labute approximate surface area is 179 Å². The topological polar surface area (TPSA) is 87.3 Å². The molecule has 0 aliphatic carbocycles. The van der Waals surface area contributed by atoms with Gasteiger partial charge in [0, 0.05) is 6.07 Å². The van der Waals surface area contributed by atoms with Crippen molar-refractivity contribution in [2.75, 3.05) is 32.8 Å². The summed E-state index contributed by atoms with van der Waals surface area (Å²) in [5, 5.41) is 3.51. The second-order valence-corrected chi connectivity index (χ2v) is 5.90. The van der Waals surface area contributed by atoms with Crippen LogP contribution in [0.15, 0.2) is 35.3 Å². The van der Waals surface area contributed by atoms with E-state index >= 15 is 0 Å². The number of methoxy groups -OCH3 is 2. The fourth-order valence-electron chi connectivity index (χ4n) is 2.52. The number of guanidine groups is 1. The Kier molecular flexibility index (Phi) is 7.66. The van der Waals surface area contributed by atoms with Crippen LogP contribution in [-0.4, -0.2) is 33.4 Å². The second-order valence-electron chi connectivity index (χ2n) is 5.49. The van der Waals surface area contributed by atoms with Crippen LogP contribution in [0, 0.1) is 0 Å². The van der Waals surface area contributed by atoms with E-state index in [1.807, 2.05) is 6.07 Å². The zero-order valence-electron chi connectivity index (χ0n) is 15.0. The minimum absolute atomic E-state index is 0. The molecule has 0 atom stereocenters. The summed E-state index contributed by atoms with van der Waals surface area (Å²) in [5.41, 5.74) is 7.52. The molecule has 3 N–H and O–H groups in total. The summed E-state index contributed by atoms with van der Waals surface area (Å²) in [6, 6.07) is 9.01. The summed E-state index contributed by atoms with van der Waals surface area (Å²) >= 11 is 6.23. The van der Waals surface area contributed by atoms with E-state index in [0.717, 1.165) is 5.56 Å². The van der Waals surface area contributed by atoms with Gasteiger partial charge >= 0.3 is 0 Å². The molecule has 1 aliphatic rings. The molecule has 0 radical (unpaired) electrons. The number of benzene rings is 2. The number of rotatable bonds is 5. The number of hydrogen-bond donors (Lipinski definition) is 2. The van der Waals surface area contributed by atoms with Gasteiger partial charge in [-0.2, -0.15) is 0 Å². The molecule has 146 valence electrons. The first kappa shape index (κ1) is 21.2. The molecule has 9 heteroatoms. The Morgan fingerprint density at radius 1 is 1.19 bits per heavy atom. The number of ether oxygens (including phenoxy) is 4. The van der Waals surface area contributed by atoms with Crippen molar-refractivity contribution in [3.8, 4) is 23.0 Å². The highest BCUT2D eigenvalue weighted by Crippen LogP contribution is 2.38. The van der Waals surface area contributed by atoms with E-state index in [-0.39, 0.29) is 29.9 Å². The lowest BCUT2D eigenvalue weighted by Crippen LogP contribution is -2.23. The highest BCUT2D eigenvalue weighted by Gasteiger charge is 2.16. The Hall–Kier alpha value is -2.07. The highest BCUT2D eigenvalue weighted by molar-refractivity contribution is 14.0. The summed E-state index contributed by atoms with van der Waals surface area (Å²) in [4.78, 5) is 4.34. The fourth-order valence-corrected chi connectivity index (χ4v) is 2.81. The maximum absolute atomic E-state index is 6.23. The van der Waals surface area contributed by atoms with Crippen LogP contribution in [0.1, 0.15) is 5.56 Å². The third-order valence-corrected chi connectivity index (χ3v) is 4.04. The molecule has 0 aromatic heterocycles. The average Bonchev–Trinajstić information content (AvgIpc) is 2.66. The molecular weight excluding hydrogens is 485 g/mol. The van der Waals surface area contributed by atoms with Gasteiger partial charge < -0.3 is 30.0 Å². The molecule has 1 aliphatic heterocycles. The van der Waals surface area contributed by atoms with Gasteiger partial charge in [-0.15, -0.1) is 24.0 Å². The van der Waals surface area contributed by atoms with Gasteiger partial charge in [0.1, 0.15) is 24.7 Å². The van der Waals surface area contributed by atoms with E-state index in [9.17, 15) is 0 Å². The van der Waals surface area contributed by atoms with Gasteiger partial charge in [-0.05, 0) is 29.8 Å². The van der Waals surface area contributed by atoms with Gasteiger partial charge in [0.15, 0.2) is 17.5 Å². The van der Waals surface area contributed by atoms with Gasteiger partial charge in [-0.25, -0.2) is 4.99 Å². The molecule has 0 fully saturated rings. The van der Waals surface area contributed by atoms with Crippen LogP contribution >= 0.6 is 35.6 Å². The van der Waals surface area contributed by atoms with Crippen molar-refractivity contribution in [3.63, 3.8) is 0 Å². The van der Waals surface area contributed by atoms with Crippen LogP contribution in [0.2, 0.25) is 5.02 Å². The Balaban J connectivity index is 0.00000261. The molecule has 2 aromatic carbocycles. The van der Waals surface area contributed by atoms with Gasteiger partial charge in [0.2, 0.25) is 0 Å². The zero-order valence-corrected chi connectivity index (χ0v) is 18.0. The van der Waals surface area contributed by atoms with Crippen molar-refractivity contribution in [1.29, 1.82) is 0 Å². The normalized spacial score (nSPS) is 12.8. The van der Waals surface area contributed by atoms with Gasteiger partial charge in [-0.1, -0.05) is 11.6 Å². The van der Waals surface area contributed by atoms with Gasteiger partial charge in [0.05, 0.1) is 31.5 Å². The monoisotopic (exact) mass is 505 g/mol. The van der Waals surface area contributed by atoms with Crippen LogP contribution in [0.4, 0.5) is 5.69 Å². The third kappa shape index (κ3) is 5.23. The minimum atomic E-state index is 0. The molecule has 2 aromatic rings. The van der Waals surface area contributed by atoms with Crippen LogP contribution in [-0.2, 0) is 6.54 Å². The van der Waals surface area contributed by atoms with E-state index < -0.39 is 0 Å². The maximum atomic E-state index is 6.23. The van der Waals surface area contributed by atoms with E-state index in [1.165, 1.54) is 0 Å². The predicted octanol–water partition coefficient (Wildman–Crippen LogP) is 3.67. The fraction of sp³-hybridized carbons (Fsp3) is 0.278. The maximum Gasteiger partial charge on any atom is 0.193 e. The third-order valence-electron chi connectivity index (χ3n) is 3.76. The molecule has 0 spiro atoms. The Bertz CT molecular complexity index is 832. The lowest BCUT2D eigenvalue weighted by Gasteiger charge is -2.20. The lowest BCUT2D eigenvalue weighted by atomic mass is 10.2. The van der Waals surface area contributed by atoms with Crippen molar-refractivity contribution in [1.82, 2.24) is 0 Å². The van der Waals surface area contributed by atoms with Crippen molar-refractivity contribution in [3.05, 3.63) is 40.9 Å². The van der Waals surface area contributed by atoms with Crippen molar-refractivity contribution < 1.29 is 18.9 Å². The number of hydrogen-bond acceptors (Lipinski definition) is 5. The molecule has 27 heavy (non-hydrogen) atoms. The highest BCUT2D eigenvalue weighted by atomic mass is 127. The van der Waals surface area contributed by atoms with E-state index in [2.05, 4.69) is 10.3 Å². The first-order valence-electron chi connectivity index (χ1n) is 7.97. The number of nitrogens with zero attached hydrogens (tertiary/aromatic N) is 1. The average molecular weight is 506 g/mol. The molecule has 0 amide bonds. The summed E-state index contributed by atoms with van der Waals surface area (Å²) in [5.74, 6) is 2.74. The van der Waals surface area contributed by atoms with Crippen molar-refractivity contribution in [2.45, 2.75) is 6.54 Å². The van der Waals surface area contributed by atoms with Crippen molar-refractivity contribution in [2.24, 2.45) is 10.7 Å². The molecule has 0 saturated heterocycles.